The van der Waals surface area contributed by atoms with E-state index in [1.165, 1.54) is 61.7 Å². The predicted octanol–water partition coefficient (Wildman–Crippen LogP) is 4.24. The molecule has 4 aliphatic carbocycles. The maximum Gasteiger partial charge on any atom is 0.261 e. The van der Waals surface area contributed by atoms with Gasteiger partial charge in [-0.05, 0) is 98.7 Å². The van der Waals surface area contributed by atoms with Crippen LogP contribution in [-0.4, -0.2) is 34.5 Å². The first kappa shape index (κ1) is 23.6. The van der Waals surface area contributed by atoms with Crippen LogP contribution < -0.4 is 10.0 Å². The van der Waals surface area contributed by atoms with E-state index >= 15 is 0 Å². The molecule has 2 aromatic rings. The first-order valence-corrected chi connectivity index (χ1v) is 15.1. The summed E-state index contributed by atoms with van der Waals surface area (Å²) in [6.07, 6.45) is 7.76. The molecule has 7 nitrogen and oxygen atoms in total. The lowest BCUT2D eigenvalue weighted by Crippen LogP contribution is -2.59. The molecule has 0 radical (unpaired) electrons. The number of benzene rings is 2. The molecule has 0 saturated heterocycles. The number of nitrogens with one attached hydrogen (secondary N) is 2. The minimum absolute atomic E-state index is 0.0885. The molecule has 2 aromatic carbocycles. The summed E-state index contributed by atoms with van der Waals surface area (Å²) in [7, 11) is -7.42. The van der Waals surface area contributed by atoms with Crippen molar-refractivity contribution in [3.8, 4) is 0 Å². The predicted molar refractivity (Wildman–Crippen MR) is 130 cm³/mol. The Morgan fingerprint density at radius 2 is 1.41 bits per heavy atom. The second kappa shape index (κ2) is 8.24. The van der Waals surface area contributed by atoms with Gasteiger partial charge in [0.25, 0.3) is 15.9 Å². The maximum absolute atomic E-state index is 13.3. The fraction of sp³-hybridized carbons (Fsp3) is 0.458. The van der Waals surface area contributed by atoms with E-state index in [9.17, 15) is 21.6 Å². The molecule has 4 saturated carbocycles. The van der Waals surface area contributed by atoms with Crippen molar-refractivity contribution in [1.29, 1.82) is 0 Å². The Balaban J connectivity index is 1.36. The molecule has 182 valence electrons. The third-order valence-electron chi connectivity index (χ3n) is 7.44. The summed E-state index contributed by atoms with van der Waals surface area (Å²) >= 11 is 6.31. The van der Waals surface area contributed by atoms with Crippen molar-refractivity contribution < 1.29 is 21.6 Å². The molecule has 34 heavy (non-hydrogen) atoms. The quantitative estimate of drug-likeness (QED) is 0.589. The Bertz CT molecular complexity index is 1320. The third kappa shape index (κ3) is 4.57. The lowest BCUT2D eigenvalue weighted by Gasteiger charge is -2.56. The van der Waals surface area contributed by atoms with Gasteiger partial charge in [-0.1, -0.05) is 11.6 Å². The van der Waals surface area contributed by atoms with E-state index in [0.29, 0.717) is 17.8 Å². The van der Waals surface area contributed by atoms with E-state index in [1.54, 1.807) is 0 Å². The summed E-state index contributed by atoms with van der Waals surface area (Å²) in [6, 6.07) is 9.48. The molecule has 6 rings (SSSR count). The van der Waals surface area contributed by atoms with E-state index in [-0.39, 0.29) is 37.5 Å². The van der Waals surface area contributed by atoms with Crippen LogP contribution in [0.2, 0.25) is 5.02 Å². The van der Waals surface area contributed by atoms with E-state index < -0.39 is 19.9 Å². The summed E-state index contributed by atoms with van der Waals surface area (Å²) in [5.74, 6) is 1.63. The van der Waals surface area contributed by atoms with Crippen LogP contribution in [0.1, 0.15) is 48.9 Å². The number of halogens is 1. The normalized spacial score (nSPS) is 28.0. The van der Waals surface area contributed by atoms with Crippen molar-refractivity contribution in [2.75, 3.05) is 11.0 Å². The molecule has 0 heterocycles. The van der Waals surface area contributed by atoms with Crippen molar-refractivity contribution in [2.45, 2.75) is 53.9 Å². The zero-order valence-electron chi connectivity index (χ0n) is 18.8. The minimum atomic E-state index is -4.03. The molecule has 0 atom stereocenters. The number of carbonyl (C=O) groups excluding carboxylic acids is 1. The second-order valence-electron chi connectivity index (χ2n) is 10.2. The largest absolute Gasteiger partial charge is 0.347 e. The number of amides is 1. The van der Waals surface area contributed by atoms with Crippen LogP contribution in [0.4, 0.5) is 5.69 Å². The first-order chi connectivity index (χ1) is 15.9. The first-order valence-electron chi connectivity index (χ1n) is 11.4. The average molecular weight is 523 g/mol. The molecular formula is C24H27ClN2O5S2. The lowest BCUT2D eigenvalue weighted by molar-refractivity contribution is -0.0167. The third-order valence-corrected chi connectivity index (χ3v) is 10.3. The fourth-order valence-corrected chi connectivity index (χ4v) is 8.32. The van der Waals surface area contributed by atoms with Crippen molar-refractivity contribution in [3.63, 3.8) is 0 Å². The van der Waals surface area contributed by atoms with Crippen LogP contribution in [-0.2, 0) is 19.9 Å². The summed E-state index contributed by atoms with van der Waals surface area (Å²) in [4.78, 5) is 13.2. The number of hydrogen-bond donors (Lipinski definition) is 2. The van der Waals surface area contributed by atoms with Crippen molar-refractivity contribution >= 4 is 43.1 Å². The van der Waals surface area contributed by atoms with Crippen LogP contribution in [0.3, 0.4) is 0 Å². The highest BCUT2D eigenvalue weighted by atomic mass is 35.5. The Kier molecular flexibility index (Phi) is 5.73. The Morgan fingerprint density at radius 3 is 1.94 bits per heavy atom. The highest BCUT2D eigenvalue weighted by Gasteiger charge is 2.51. The standard InChI is InChI=1S/C24H27ClN2O5S2/c1-33(29,30)19-4-2-18(3-5-19)27-34(31,32)20-6-7-22(25)21(11-20)23(28)26-24-12-15-8-16(13-24)10-17(9-15)14-24/h2-7,11,15-17,27H,8-10,12-14H2,1H3,(H,26,28). The van der Waals surface area contributed by atoms with Gasteiger partial charge >= 0.3 is 0 Å². The van der Waals surface area contributed by atoms with Crippen LogP contribution in [0.15, 0.2) is 52.3 Å². The number of sulfonamides is 1. The van der Waals surface area contributed by atoms with E-state index in [0.717, 1.165) is 25.5 Å². The van der Waals surface area contributed by atoms with Crippen LogP contribution in [0, 0.1) is 17.8 Å². The van der Waals surface area contributed by atoms with Gasteiger partial charge in [-0.25, -0.2) is 16.8 Å². The Morgan fingerprint density at radius 1 is 0.882 bits per heavy atom. The van der Waals surface area contributed by atoms with Gasteiger partial charge in [-0.3, -0.25) is 9.52 Å². The molecule has 4 fully saturated rings. The molecule has 1 amide bonds. The molecule has 0 unspecified atom stereocenters. The summed E-state index contributed by atoms with van der Waals surface area (Å²) in [5, 5.41) is 3.43. The Labute approximate surface area is 205 Å². The molecule has 0 aliphatic heterocycles. The smallest absolute Gasteiger partial charge is 0.261 e. The van der Waals surface area contributed by atoms with Crippen molar-refractivity contribution in [2.24, 2.45) is 17.8 Å². The molecule has 2 N–H and O–H groups in total. The second-order valence-corrected chi connectivity index (χ2v) is 14.3. The highest BCUT2D eigenvalue weighted by Crippen LogP contribution is 2.55. The lowest BCUT2D eigenvalue weighted by atomic mass is 9.53. The number of sulfone groups is 1. The average Bonchev–Trinajstić information content (AvgIpc) is 2.72. The van der Waals surface area contributed by atoms with Gasteiger partial charge in [0, 0.05) is 17.5 Å². The SMILES string of the molecule is CS(=O)(=O)c1ccc(NS(=O)(=O)c2ccc(Cl)c(C(=O)NC34CC5CC(CC(C5)C3)C4)c2)cc1. The van der Waals surface area contributed by atoms with Gasteiger partial charge in [-0.2, -0.15) is 0 Å². The van der Waals surface area contributed by atoms with Crippen LogP contribution >= 0.6 is 11.6 Å². The van der Waals surface area contributed by atoms with Crippen molar-refractivity contribution in [3.05, 3.63) is 53.1 Å². The van der Waals surface area contributed by atoms with Gasteiger partial charge in [-0.15, -0.1) is 0 Å². The van der Waals surface area contributed by atoms with E-state index in [2.05, 4.69) is 10.0 Å². The van der Waals surface area contributed by atoms with Gasteiger partial charge in [0.15, 0.2) is 9.84 Å². The number of anilines is 1. The van der Waals surface area contributed by atoms with Crippen LogP contribution in [0.5, 0.6) is 0 Å². The number of rotatable bonds is 6. The molecule has 4 aliphatic rings. The molecule has 10 heteroatoms. The summed E-state index contributed by atoms with van der Waals surface area (Å²) < 4.78 is 51.6. The van der Waals surface area contributed by atoms with Gasteiger partial charge in [0.1, 0.15) is 0 Å². The number of hydrogen-bond acceptors (Lipinski definition) is 5. The summed E-state index contributed by atoms with van der Waals surface area (Å²) in [5.41, 5.74) is 0.124. The Hall–Kier alpha value is -2.10. The zero-order valence-corrected chi connectivity index (χ0v) is 21.1. The molecular weight excluding hydrogens is 496 g/mol. The number of carbonyl (C=O) groups is 1. The molecule has 4 bridgehead atoms. The fourth-order valence-electron chi connectivity index (χ4n) is 6.40. The van der Waals surface area contributed by atoms with Crippen LogP contribution in [0.25, 0.3) is 0 Å². The van der Waals surface area contributed by atoms with E-state index in [4.69, 9.17) is 11.6 Å². The zero-order chi connectivity index (χ0) is 24.3. The van der Waals surface area contributed by atoms with Gasteiger partial charge in [0.2, 0.25) is 0 Å². The highest BCUT2D eigenvalue weighted by molar-refractivity contribution is 7.92. The molecule has 0 spiro atoms. The monoisotopic (exact) mass is 522 g/mol. The van der Waals surface area contributed by atoms with Crippen molar-refractivity contribution in [1.82, 2.24) is 5.32 Å². The topological polar surface area (TPSA) is 109 Å². The molecule has 0 aromatic heterocycles. The van der Waals surface area contributed by atoms with E-state index in [1.807, 2.05) is 0 Å². The van der Waals surface area contributed by atoms with Gasteiger partial charge < -0.3 is 5.32 Å². The maximum atomic E-state index is 13.3. The minimum Gasteiger partial charge on any atom is -0.347 e. The van der Waals surface area contributed by atoms with Gasteiger partial charge in [0.05, 0.1) is 20.4 Å². The summed E-state index contributed by atoms with van der Waals surface area (Å²) in [6.45, 7) is 0.